The number of alkyl halides is 3. The number of hydrogen-bond donors (Lipinski definition) is 1. The first-order valence-corrected chi connectivity index (χ1v) is 11.0. The lowest BCUT2D eigenvalue weighted by molar-refractivity contribution is -0.165. The first kappa shape index (κ1) is 21.7. The largest absolute Gasteiger partial charge is 0.463 e. The lowest BCUT2D eigenvalue weighted by atomic mass is 10.1. The minimum absolute atomic E-state index is 0.102. The van der Waals surface area contributed by atoms with Gasteiger partial charge in [0.2, 0.25) is 11.3 Å². The molecule has 1 fully saturated rings. The molecule has 12 heteroatoms. The second kappa shape index (κ2) is 8.89. The van der Waals surface area contributed by atoms with Crippen LogP contribution in [0, 0.1) is 6.92 Å². The Hall–Kier alpha value is -2.57. The fourth-order valence-electron chi connectivity index (χ4n) is 2.78. The molecule has 1 amide bonds. The Morgan fingerprint density at radius 3 is 2.74 bits per heavy atom. The fraction of sp³-hybridized carbons (Fsp3) is 0.368. The third-order valence-corrected chi connectivity index (χ3v) is 6.33. The standard InChI is InChI=1S/C19H17F3N4O3S2/c1-10-9-24-17(30-10)12-4-2-3-11(15(12)29-14-6-8-28-14)16(27)23-7-5-13-25-26-18(31-13)19(20,21)22/h2-4,9,14H,5-8H2,1H3,(H,23,27). The van der Waals surface area contributed by atoms with E-state index in [9.17, 15) is 18.0 Å². The van der Waals surface area contributed by atoms with Gasteiger partial charge in [0, 0.05) is 30.5 Å². The van der Waals surface area contributed by atoms with Crippen LogP contribution >= 0.6 is 22.7 Å². The molecular weight excluding hydrogens is 453 g/mol. The van der Waals surface area contributed by atoms with Gasteiger partial charge < -0.3 is 14.8 Å². The number of rotatable bonds is 7. The highest BCUT2D eigenvalue weighted by Crippen LogP contribution is 2.37. The molecule has 164 valence electrons. The Morgan fingerprint density at radius 2 is 2.13 bits per heavy atom. The summed E-state index contributed by atoms with van der Waals surface area (Å²) >= 11 is 1.94. The molecule has 1 N–H and O–H groups in total. The van der Waals surface area contributed by atoms with Crippen LogP contribution in [0.2, 0.25) is 0 Å². The first-order valence-electron chi connectivity index (χ1n) is 9.33. The molecule has 7 nitrogen and oxygen atoms in total. The summed E-state index contributed by atoms with van der Waals surface area (Å²) in [5.41, 5.74) is 0.981. The summed E-state index contributed by atoms with van der Waals surface area (Å²) in [4.78, 5) is 18.2. The fourth-order valence-corrected chi connectivity index (χ4v) is 4.27. The molecule has 3 heterocycles. The summed E-state index contributed by atoms with van der Waals surface area (Å²) in [5, 5.41) is 9.30. The molecule has 1 aliphatic heterocycles. The molecule has 4 rings (SSSR count). The number of carbonyl (C=O) groups excluding carboxylic acids is 1. The molecule has 3 aromatic rings. The zero-order valence-corrected chi connectivity index (χ0v) is 17.9. The SMILES string of the molecule is Cc1cnc(-c2cccc(C(=O)NCCc3nnc(C(F)(F)F)s3)c2OC2CCO2)s1. The molecule has 0 saturated carbocycles. The summed E-state index contributed by atoms with van der Waals surface area (Å²) in [6.07, 6.45) is -2.37. The minimum Gasteiger partial charge on any atom is -0.463 e. The summed E-state index contributed by atoms with van der Waals surface area (Å²) in [6, 6.07) is 5.18. The Balaban J connectivity index is 1.49. The molecule has 0 bridgehead atoms. The number of aryl methyl sites for hydroxylation is 1. The molecule has 0 spiro atoms. The van der Waals surface area contributed by atoms with Crippen LogP contribution < -0.4 is 10.1 Å². The van der Waals surface area contributed by atoms with Gasteiger partial charge in [0.25, 0.3) is 5.91 Å². The Kier molecular flexibility index (Phi) is 6.21. The van der Waals surface area contributed by atoms with Gasteiger partial charge in [-0.15, -0.1) is 21.5 Å². The van der Waals surface area contributed by atoms with E-state index < -0.39 is 23.4 Å². The summed E-state index contributed by atoms with van der Waals surface area (Å²) in [7, 11) is 0. The number of para-hydroxylation sites is 1. The predicted molar refractivity (Wildman–Crippen MR) is 108 cm³/mol. The van der Waals surface area contributed by atoms with Crippen LogP contribution in [-0.4, -0.2) is 40.5 Å². The van der Waals surface area contributed by atoms with Crippen molar-refractivity contribution in [1.82, 2.24) is 20.5 Å². The van der Waals surface area contributed by atoms with Crippen LogP contribution in [0.3, 0.4) is 0 Å². The Labute approximate surface area is 183 Å². The van der Waals surface area contributed by atoms with E-state index in [1.807, 2.05) is 13.0 Å². The van der Waals surface area contributed by atoms with E-state index in [0.717, 1.165) is 9.88 Å². The third-order valence-electron chi connectivity index (χ3n) is 4.35. The number of thiazole rings is 1. The summed E-state index contributed by atoms with van der Waals surface area (Å²) < 4.78 is 49.2. The molecule has 1 saturated heterocycles. The number of benzene rings is 1. The molecule has 1 aliphatic rings. The van der Waals surface area contributed by atoms with Crippen molar-refractivity contribution in [3.05, 3.63) is 44.9 Å². The van der Waals surface area contributed by atoms with Crippen molar-refractivity contribution in [3.8, 4) is 16.3 Å². The number of amides is 1. The van der Waals surface area contributed by atoms with Crippen LogP contribution in [0.4, 0.5) is 13.2 Å². The van der Waals surface area contributed by atoms with Crippen LogP contribution in [0.5, 0.6) is 5.75 Å². The van der Waals surface area contributed by atoms with E-state index in [1.165, 1.54) is 11.3 Å². The molecular formula is C19H17F3N4O3S2. The second-order valence-corrected chi connectivity index (χ2v) is 8.97. The van der Waals surface area contributed by atoms with E-state index >= 15 is 0 Å². The van der Waals surface area contributed by atoms with E-state index in [-0.39, 0.29) is 18.0 Å². The molecule has 1 aromatic carbocycles. The van der Waals surface area contributed by atoms with Crippen LogP contribution in [0.25, 0.3) is 10.6 Å². The van der Waals surface area contributed by atoms with Crippen molar-refractivity contribution < 1.29 is 27.4 Å². The van der Waals surface area contributed by atoms with Gasteiger partial charge in [0.15, 0.2) is 0 Å². The minimum atomic E-state index is -4.52. The van der Waals surface area contributed by atoms with Crippen LogP contribution in [0.15, 0.2) is 24.4 Å². The molecule has 1 atom stereocenters. The quantitative estimate of drug-likeness (QED) is 0.560. The highest BCUT2D eigenvalue weighted by Gasteiger charge is 2.35. The maximum Gasteiger partial charge on any atom is 0.445 e. The molecule has 31 heavy (non-hydrogen) atoms. The van der Waals surface area contributed by atoms with Crippen molar-refractivity contribution in [2.24, 2.45) is 0 Å². The van der Waals surface area contributed by atoms with Gasteiger partial charge in [0.1, 0.15) is 15.8 Å². The normalized spacial score (nSPS) is 16.1. The number of halogens is 3. The van der Waals surface area contributed by atoms with E-state index in [4.69, 9.17) is 9.47 Å². The van der Waals surface area contributed by atoms with E-state index in [1.54, 1.807) is 18.3 Å². The van der Waals surface area contributed by atoms with E-state index in [0.29, 0.717) is 41.2 Å². The van der Waals surface area contributed by atoms with Gasteiger partial charge in [-0.2, -0.15) is 13.2 Å². The average Bonchev–Trinajstić information content (AvgIpc) is 3.33. The highest BCUT2D eigenvalue weighted by atomic mass is 32.1. The summed E-state index contributed by atoms with van der Waals surface area (Å²) in [5.74, 6) is -0.0423. The molecule has 0 radical (unpaired) electrons. The smallest absolute Gasteiger partial charge is 0.445 e. The van der Waals surface area contributed by atoms with Gasteiger partial charge in [-0.1, -0.05) is 17.4 Å². The Bertz CT molecular complexity index is 1080. The van der Waals surface area contributed by atoms with Crippen molar-refractivity contribution in [2.75, 3.05) is 13.2 Å². The van der Waals surface area contributed by atoms with Gasteiger partial charge in [-0.25, -0.2) is 4.98 Å². The van der Waals surface area contributed by atoms with Gasteiger partial charge in [-0.3, -0.25) is 4.79 Å². The third kappa shape index (κ3) is 5.02. The molecule has 2 aromatic heterocycles. The van der Waals surface area contributed by atoms with Crippen LogP contribution in [0.1, 0.15) is 31.7 Å². The first-order chi connectivity index (χ1) is 14.8. The van der Waals surface area contributed by atoms with Crippen molar-refractivity contribution >= 4 is 28.6 Å². The average molecular weight is 470 g/mol. The van der Waals surface area contributed by atoms with Crippen LogP contribution in [-0.2, 0) is 17.3 Å². The predicted octanol–water partition coefficient (Wildman–Crippen LogP) is 4.09. The molecule has 0 aliphatic carbocycles. The summed E-state index contributed by atoms with van der Waals surface area (Å²) in [6.45, 7) is 2.63. The maximum absolute atomic E-state index is 12.8. The number of nitrogens with zero attached hydrogens (tertiary/aromatic N) is 3. The van der Waals surface area contributed by atoms with Gasteiger partial charge in [0.05, 0.1) is 17.7 Å². The van der Waals surface area contributed by atoms with Crippen molar-refractivity contribution in [3.63, 3.8) is 0 Å². The number of nitrogens with one attached hydrogen (secondary N) is 1. The van der Waals surface area contributed by atoms with Gasteiger partial charge >= 0.3 is 6.18 Å². The zero-order chi connectivity index (χ0) is 22.0. The monoisotopic (exact) mass is 470 g/mol. The number of aromatic nitrogens is 3. The maximum atomic E-state index is 12.8. The van der Waals surface area contributed by atoms with Gasteiger partial charge in [-0.05, 0) is 19.1 Å². The Morgan fingerprint density at radius 1 is 1.32 bits per heavy atom. The number of carbonyl (C=O) groups is 1. The lowest BCUT2D eigenvalue weighted by Gasteiger charge is -2.28. The van der Waals surface area contributed by atoms with E-state index in [2.05, 4.69) is 20.5 Å². The molecule has 1 unspecified atom stereocenters. The number of ether oxygens (including phenoxy) is 2. The number of hydrogen-bond acceptors (Lipinski definition) is 8. The zero-order valence-electron chi connectivity index (χ0n) is 16.2. The topological polar surface area (TPSA) is 86.2 Å². The highest BCUT2D eigenvalue weighted by molar-refractivity contribution is 7.15. The lowest BCUT2D eigenvalue weighted by Crippen LogP contribution is -2.34. The second-order valence-electron chi connectivity index (χ2n) is 6.67. The van der Waals surface area contributed by atoms with Crippen molar-refractivity contribution in [2.45, 2.75) is 32.2 Å². The van der Waals surface area contributed by atoms with Crippen molar-refractivity contribution in [1.29, 1.82) is 0 Å².